The topological polar surface area (TPSA) is 30.7 Å². The first-order valence-electron chi connectivity index (χ1n) is 6.17. The van der Waals surface area contributed by atoms with Crippen molar-refractivity contribution in [3.05, 3.63) is 66.7 Å². The minimum absolute atomic E-state index is 0.618. The van der Waals surface area contributed by atoms with Crippen molar-refractivity contribution in [1.29, 1.82) is 0 Å². The molecule has 0 spiro atoms. The number of nitrogens with zero attached hydrogens (tertiary/aromatic N) is 3. The van der Waals surface area contributed by atoms with Crippen LogP contribution in [0.4, 0.5) is 13.2 Å². The van der Waals surface area contributed by atoms with Crippen LogP contribution in [0.2, 0.25) is 0 Å². The van der Waals surface area contributed by atoms with E-state index in [9.17, 15) is 13.2 Å². The Morgan fingerprint density at radius 3 is 2.14 bits per heavy atom. The summed E-state index contributed by atoms with van der Waals surface area (Å²) in [5.41, 5.74) is 0.791. The van der Waals surface area contributed by atoms with Crippen molar-refractivity contribution >= 4 is 0 Å². The third-order valence-electron chi connectivity index (χ3n) is 3.05. The van der Waals surface area contributed by atoms with E-state index < -0.39 is 11.7 Å². The van der Waals surface area contributed by atoms with Gasteiger partial charge < -0.3 is 0 Å². The summed E-state index contributed by atoms with van der Waals surface area (Å²) in [5, 5.41) is 0. The molecule has 3 rings (SSSR count). The van der Waals surface area contributed by atoms with E-state index in [-0.39, 0.29) is 0 Å². The van der Waals surface area contributed by atoms with Crippen LogP contribution in [0.5, 0.6) is 0 Å². The van der Waals surface area contributed by atoms with E-state index in [0.29, 0.717) is 11.5 Å². The second-order valence-corrected chi connectivity index (χ2v) is 4.40. The lowest BCUT2D eigenvalue weighted by atomic mass is 10.2. The van der Waals surface area contributed by atoms with Crippen molar-refractivity contribution in [2.24, 2.45) is 0 Å². The first kappa shape index (κ1) is 13.4. The Kier molecular flexibility index (Phi) is 3.21. The predicted octanol–water partition coefficient (Wildman–Crippen LogP) is 3.95. The number of alkyl halides is 3. The molecular weight excluding hydrogens is 279 g/mol. The van der Waals surface area contributed by atoms with Gasteiger partial charge in [0.05, 0.1) is 5.56 Å². The fraction of sp³-hybridized carbons (Fsp3) is 0.0667. The van der Waals surface area contributed by atoms with Gasteiger partial charge in [-0.05, 0) is 36.4 Å². The maximum absolute atomic E-state index is 12.6. The molecule has 0 aliphatic heterocycles. The zero-order chi connectivity index (χ0) is 14.9. The highest BCUT2D eigenvalue weighted by Crippen LogP contribution is 2.30. The molecule has 0 aliphatic rings. The highest BCUT2D eigenvalue weighted by atomic mass is 19.4. The van der Waals surface area contributed by atoms with Crippen LogP contribution in [0.15, 0.2) is 61.2 Å². The number of rotatable bonds is 2. The molecule has 106 valence electrons. The third kappa shape index (κ3) is 2.65. The normalized spacial score (nSPS) is 11.6. The molecular formula is C15H10F3N3. The molecule has 0 N–H and O–H groups in total. The maximum Gasteiger partial charge on any atom is 0.416 e. The van der Waals surface area contributed by atoms with Gasteiger partial charge in [-0.1, -0.05) is 0 Å². The fourth-order valence-electron chi connectivity index (χ4n) is 2.04. The number of benzene rings is 1. The minimum atomic E-state index is -4.33. The fourth-order valence-corrected chi connectivity index (χ4v) is 2.04. The Balaban J connectivity index is 2.01. The molecule has 2 aromatic heterocycles. The molecule has 6 heteroatoms. The second kappa shape index (κ2) is 5.05. The number of imidazole rings is 1. The second-order valence-electron chi connectivity index (χ2n) is 4.40. The molecule has 0 amide bonds. The van der Waals surface area contributed by atoms with Crippen molar-refractivity contribution in [2.75, 3.05) is 0 Å². The molecule has 0 unspecified atom stereocenters. The Morgan fingerprint density at radius 1 is 0.857 bits per heavy atom. The van der Waals surface area contributed by atoms with Crippen LogP contribution in [-0.2, 0) is 6.18 Å². The average molecular weight is 289 g/mol. The van der Waals surface area contributed by atoms with E-state index >= 15 is 0 Å². The summed E-state index contributed by atoms with van der Waals surface area (Å²) in [6.07, 6.45) is 2.26. The van der Waals surface area contributed by atoms with Crippen molar-refractivity contribution in [2.45, 2.75) is 6.18 Å². The van der Waals surface area contributed by atoms with E-state index in [1.54, 1.807) is 41.5 Å². The summed E-state index contributed by atoms with van der Waals surface area (Å²) in [5.74, 6) is 0.650. The predicted molar refractivity (Wildman–Crippen MR) is 71.8 cm³/mol. The third-order valence-corrected chi connectivity index (χ3v) is 3.05. The van der Waals surface area contributed by atoms with Gasteiger partial charge in [-0.3, -0.25) is 9.55 Å². The van der Waals surface area contributed by atoms with Gasteiger partial charge in [0.1, 0.15) is 5.82 Å². The van der Waals surface area contributed by atoms with Gasteiger partial charge in [-0.15, -0.1) is 0 Å². The summed E-state index contributed by atoms with van der Waals surface area (Å²) >= 11 is 0. The lowest BCUT2D eigenvalue weighted by molar-refractivity contribution is -0.137. The van der Waals surface area contributed by atoms with E-state index in [2.05, 4.69) is 9.97 Å². The van der Waals surface area contributed by atoms with Crippen LogP contribution >= 0.6 is 0 Å². The van der Waals surface area contributed by atoms with Crippen LogP contribution in [0.1, 0.15) is 5.56 Å². The number of hydrogen-bond acceptors (Lipinski definition) is 2. The summed E-state index contributed by atoms with van der Waals surface area (Å²) in [4.78, 5) is 8.18. The van der Waals surface area contributed by atoms with E-state index in [0.717, 1.165) is 17.7 Å². The van der Waals surface area contributed by atoms with E-state index in [1.165, 1.54) is 12.1 Å². The molecule has 0 aliphatic carbocycles. The monoisotopic (exact) mass is 289 g/mol. The Bertz CT molecular complexity index is 731. The molecule has 0 saturated carbocycles. The number of pyridine rings is 1. The van der Waals surface area contributed by atoms with Gasteiger partial charge in [-0.2, -0.15) is 13.2 Å². The van der Waals surface area contributed by atoms with Gasteiger partial charge in [-0.25, -0.2) is 4.98 Å². The molecule has 2 heterocycles. The van der Waals surface area contributed by atoms with Crippen molar-refractivity contribution < 1.29 is 13.2 Å². The van der Waals surface area contributed by atoms with Gasteiger partial charge in [0.15, 0.2) is 0 Å². The van der Waals surface area contributed by atoms with E-state index in [1.807, 2.05) is 0 Å². The van der Waals surface area contributed by atoms with Gasteiger partial charge in [0, 0.05) is 36.0 Å². The smallest absolute Gasteiger partial charge is 0.300 e. The highest BCUT2D eigenvalue weighted by Gasteiger charge is 2.30. The van der Waals surface area contributed by atoms with Crippen molar-refractivity contribution in [1.82, 2.24) is 14.5 Å². The van der Waals surface area contributed by atoms with Gasteiger partial charge >= 0.3 is 6.18 Å². The first-order chi connectivity index (χ1) is 10.1. The minimum Gasteiger partial charge on any atom is -0.300 e. The molecule has 0 saturated heterocycles. The summed E-state index contributed by atoms with van der Waals surface area (Å²) in [6, 6.07) is 8.56. The SMILES string of the molecule is FC(F)(F)c1ccc(-n2ccnc2-c2ccncc2)cc1. The lowest BCUT2D eigenvalue weighted by Gasteiger charge is -2.10. The largest absolute Gasteiger partial charge is 0.416 e. The van der Waals surface area contributed by atoms with Crippen LogP contribution in [0.3, 0.4) is 0 Å². The van der Waals surface area contributed by atoms with Gasteiger partial charge in [0.2, 0.25) is 0 Å². The molecule has 21 heavy (non-hydrogen) atoms. The molecule has 0 atom stereocenters. The summed E-state index contributed by atoms with van der Waals surface area (Å²) in [7, 11) is 0. The molecule has 0 bridgehead atoms. The van der Waals surface area contributed by atoms with Crippen LogP contribution in [0, 0.1) is 0 Å². The maximum atomic E-state index is 12.6. The standard InChI is InChI=1S/C15H10F3N3/c16-15(17,18)12-1-3-13(4-2-12)21-10-9-20-14(21)11-5-7-19-8-6-11/h1-10H. The zero-order valence-corrected chi connectivity index (χ0v) is 10.7. The molecule has 3 nitrogen and oxygen atoms in total. The molecule has 0 fully saturated rings. The van der Waals surface area contributed by atoms with Crippen molar-refractivity contribution in [3.8, 4) is 17.1 Å². The summed E-state index contributed by atoms with van der Waals surface area (Å²) < 4.78 is 39.5. The van der Waals surface area contributed by atoms with Crippen LogP contribution in [0.25, 0.3) is 17.1 Å². The summed E-state index contributed by atoms with van der Waals surface area (Å²) in [6.45, 7) is 0. The number of aromatic nitrogens is 3. The Labute approximate surface area is 118 Å². The molecule has 0 radical (unpaired) electrons. The van der Waals surface area contributed by atoms with Crippen molar-refractivity contribution in [3.63, 3.8) is 0 Å². The van der Waals surface area contributed by atoms with E-state index in [4.69, 9.17) is 0 Å². The van der Waals surface area contributed by atoms with Crippen LogP contribution in [-0.4, -0.2) is 14.5 Å². The van der Waals surface area contributed by atoms with Gasteiger partial charge in [0.25, 0.3) is 0 Å². The average Bonchev–Trinajstić information content (AvgIpc) is 2.97. The zero-order valence-electron chi connectivity index (χ0n) is 10.7. The quantitative estimate of drug-likeness (QED) is 0.715. The number of hydrogen-bond donors (Lipinski definition) is 0. The number of halogens is 3. The Morgan fingerprint density at radius 2 is 1.52 bits per heavy atom. The van der Waals surface area contributed by atoms with Crippen LogP contribution < -0.4 is 0 Å². The molecule has 3 aromatic rings. The Hall–Kier alpha value is -2.63. The highest BCUT2D eigenvalue weighted by molar-refractivity contribution is 5.58. The molecule has 1 aromatic carbocycles. The first-order valence-corrected chi connectivity index (χ1v) is 6.17. The lowest BCUT2D eigenvalue weighted by Crippen LogP contribution is -2.05.